The van der Waals surface area contributed by atoms with Crippen LogP contribution in [0.3, 0.4) is 0 Å². The zero-order chi connectivity index (χ0) is 25.1. The van der Waals surface area contributed by atoms with E-state index in [0.29, 0.717) is 40.3 Å². The Bertz CT molecular complexity index is 1370. The fourth-order valence-corrected chi connectivity index (χ4v) is 4.06. The maximum Gasteiger partial charge on any atom is 0.248 e. The zero-order valence-electron chi connectivity index (χ0n) is 19.9. The number of ether oxygens (including phenoxy) is 2. The summed E-state index contributed by atoms with van der Waals surface area (Å²) in [5, 5.41) is 8.26. The minimum atomic E-state index is -0.560. The van der Waals surface area contributed by atoms with Gasteiger partial charge in [0.25, 0.3) is 0 Å². The first-order valence-electron chi connectivity index (χ1n) is 11.0. The Balaban J connectivity index is 1.97. The number of aromatic nitrogens is 4. The van der Waals surface area contributed by atoms with E-state index in [4.69, 9.17) is 20.2 Å². The molecule has 9 nitrogen and oxygen atoms in total. The molecule has 0 saturated heterocycles. The van der Waals surface area contributed by atoms with Gasteiger partial charge in [-0.1, -0.05) is 12.1 Å². The number of methoxy groups -OCH3 is 2. The number of halogens is 1. The van der Waals surface area contributed by atoms with Crippen LogP contribution in [-0.4, -0.2) is 52.5 Å². The Labute approximate surface area is 202 Å². The number of primary amides is 1. The minimum absolute atomic E-state index is 0.0834. The smallest absolute Gasteiger partial charge is 0.248 e. The lowest BCUT2D eigenvalue weighted by atomic mass is 9.88. The van der Waals surface area contributed by atoms with Gasteiger partial charge in [-0.2, -0.15) is 5.10 Å². The van der Waals surface area contributed by atoms with Gasteiger partial charge < -0.3 is 20.5 Å². The molecule has 0 spiro atoms. The Morgan fingerprint density at radius 2 is 1.97 bits per heavy atom. The molecule has 0 saturated carbocycles. The molecule has 0 aliphatic heterocycles. The molecular formula is C25H27FN6O3. The van der Waals surface area contributed by atoms with Gasteiger partial charge in [0.1, 0.15) is 0 Å². The summed E-state index contributed by atoms with van der Waals surface area (Å²) in [6.07, 6.45) is 3.58. The normalized spacial score (nSPS) is 12.9. The molecule has 2 heterocycles. The van der Waals surface area contributed by atoms with Crippen molar-refractivity contribution in [2.75, 3.05) is 26.1 Å². The maximum atomic E-state index is 14.8. The topological polar surface area (TPSA) is 117 Å². The third-order valence-corrected chi connectivity index (χ3v) is 5.64. The fourth-order valence-electron chi connectivity index (χ4n) is 4.06. The molecule has 1 amide bonds. The van der Waals surface area contributed by atoms with Gasteiger partial charge in [0.15, 0.2) is 11.6 Å². The quantitative estimate of drug-likeness (QED) is 0.379. The Hall–Kier alpha value is -4.05. The van der Waals surface area contributed by atoms with Crippen molar-refractivity contribution in [3.63, 3.8) is 0 Å². The Morgan fingerprint density at radius 3 is 2.60 bits per heavy atom. The first kappa shape index (κ1) is 24.1. The van der Waals surface area contributed by atoms with Crippen LogP contribution in [0.4, 0.5) is 10.3 Å². The predicted octanol–water partition coefficient (Wildman–Crippen LogP) is 3.24. The van der Waals surface area contributed by atoms with Crippen LogP contribution in [0.1, 0.15) is 40.0 Å². The molecule has 0 aliphatic rings. The van der Waals surface area contributed by atoms with Crippen molar-refractivity contribution in [1.82, 2.24) is 19.7 Å². The minimum Gasteiger partial charge on any atom is -0.494 e. The molecule has 0 fully saturated rings. The van der Waals surface area contributed by atoms with Crippen LogP contribution in [0.25, 0.3) is 10.9 Å². The average molecular weight is 479 g/mol. The van der Waals surface area contributed by atoms with E-state index in [2.05, 4.69) is 15.4 Å². The summed E-state index contributed by atoms with van der Waals surface area (Å²) in [5.74, 6) is -1.03. The van der Waals surface area contributed by atoms with Crippen LogP contribution in [0, 0.1) is 5.82 Å². The molecule has 35 heavy (non-hydrogen) atoms. The largest absolute Gasteiger partial charge is 0.494 e. The zero-order valence-corrected chi connectivity index (χ0v) is 19.9. The molecule has 4 rings (SSSR count). The van der Waals surface area contributed by atoms with E-state index in [1.165, 1.54) is 13.2 Å². The van der Waals surface area contributed by atoms with E-state index in [1.54, 1.807) is 48.3 Å². The van der Waals surface area contributed by atoms with Crippen molar-refractivity contribution in [3.05, 3.63) is 77.0 Å². The Morgan fingerprint density at radius 1 is 1.17 bits per heavy atom. The van der Waals surface area contributed by atoms with Crippen LogP contribution in [0.2, 0.25) is 0 Å². The average Bonchev–Trinajstić information content (AvgIpc) is 3.24. The molecule has 2 aromatic heterocycles. The van der Waals surface area contributed by atoms with Crippen LogP contribution >= 0.6 is 0 Å². The molecule has 2 aromatic carbocycles. The summed E-state index contributed by atoms with van der Waals surface area (Å²) < 4.78 is 26.8. The summed E-state index contributed by atoms with van der Waals surface area (Å²) >= 11 is 0. The third-order valence-electron chi connectivity index (χ3n) is 5.64. The van der Waals surface area contributed by atoms with E-state index >= 15 is 0 Å². The number of nitrogens with one attached hydrogen (secondary N) is 1. The standard InChI is InChI=1S/C25H27FN6O3/c1-14(13-34-3)29-25-30-20-10-16(24(27)33)5-7-18(20)23(31-25)22(17-11-28-32(2)12-17)15-6-8-21(35-4)19(26)9-15/h5-12,14,22H,13H2,1-4H3,(H2,27,33)(H,29,30,31)/t14?,22-/m0/s1. The first-order chi connectivity index (χ1) is 16.8. The van der Waals surface area contributed by atoms with Gasteiger partial charge in [-0.25, -0.2) is 14.4 Å². The van der Waals surface area contributed by atoms with Crippen LogP contribution in [0.15, 0.2) is 48.8 Å². The second-order valence-corrected chi connectivity index (χ2v) is 8.30. The SMILES string of the molecule is COCC(C)Nc1nc([C@@H](c2ccc(OC)c(F)c2)c2cnn(C)c2)c2ccc(C(N)=O)cc2n1. The van der Waals surface area contributed by atoms with Gasteiger partial charge in [0.2, 0.25) is 11.9 Å². The van der Waals surface area contributed by atoms with Crippen molar-refractivity contribution >= 4 is 22.8 Å². The van der Waals surface area contributed by atoms with Gasteiger partial charge in [-0.15, -0.1) is 0 Å². The van der Waals surface area contributed by atoms with Gasteiger partial charge in [0, 0.05) is 42.9 Å². The first-order valence-corrected chi connectivity index (χ1v) is 11.0. The van der Waals surface area contributed by atoms with Gasteiger partial charge in [-0.3, -0.25) is 9.48 Å². The number of hydrogen-bond acceptors (Lipinski definition) is 7. The van der Waals surface area contributed by atoms with Crippen molar-refractivity contribution in [2.45, 2.75) is 18.9 Å². The van der Waals surface area contributed by atoms with Gasteiger partial charge in [0.05, 0.1) is 37.0 Å². The number of rotatable bonds is 9. The fraction of sp³-hybridized carbons (Fsp3) is 0.280. The van der Waals surface area contributed by atoms with E-state index < -0.39 is 17.6 Å². The molecular weight excluding hydrogens is 451 g/mol. The highest BCUT2D eigenvalue weighted by molar-refractivity contribution is 5.97. The summed E-state index contributed by atoms with van der Waals surface area (Å²) in [6.45, 7) is 2.38. The maximum absolute atomic E-state index is 14.8. The van der Waals surface area contributed by atoms with Crippen LogP contribution in [0.5, 0.6) is 5.75 Å². The van der Waals surface area contributed by atoms with Crippen LogP contribution < -0.4 is 15.8 Å². The van der Waals surface area contributed by atoms with Crippen molar-refractivity contribution in [3.8, 4) is 5.75 Å². The highest BCUT2D eigenvalue weighted by Crippen LogP contribution is 2.36. The van der Waals surface area contributed by atoms with E-state index in [0.717, 1.165) is 5.56 Å². The van der Waals surface area contributed by atoms with Crippen molar-refractivity contribution in [2.24, 2.45) is 12.8 Å². The number of hydrogen-bond donors (Lipinski definition) is 2. The second kappa shape index (κ2) is 10.1. The summed E-state index contributed by atoms with van der Waals surface area (Å²) in [7, 11) is 4.84. The van der Waals surface area contributed by atoms with Crippen LogP contribution in [-0.2, 0) is 11.8 Å². The summed E-state index contributed by atoms with van der Waals surface area (Å²) in [4.78, 5) is 21.3. The number of carbonyl (C=O) groups excluding carboxylic acids is 1. The molecule has 182 valence electrons. The summed E-state index contributed by atoms with van der Waals surface area (Å²) in [5.41, 5.74) is 8.46. The monoisotopic (exact) mass is 478 g/mol. The van der Waals surface area contributed by atoms with E-state index in [-0.39, 0.29) is 11.8 Å². The number of anilines is 1. The highest BCUT2D eigenvalue weighted by atomic mass is 19.1. The van der Waals surface area contributed by atoms with E-state index in [1.807, 2.05) is 20.2 Å². The molecule has 1 unspecified atom stereocenters. The number of carbonyl (C=O) groups is 1. The molecule has 0 bridgehead atoms. The number of aryl methyl sites for hydroxylation is 1. The number of nitrogens with zero attached hydrogens (tertiary/aromatic N) is 4. The van der Waals surface area contributed by atoms with E-state index in [9.17, 15) is 9.18 Å². The van der Waals surface area contributed by atoms with Gasteiger partial charge in [-0.05, 0) is 36.8 Å². The molecule has 10 heteroatoms. The highest BCUT2D eigenvalue weighted by Gasteiger charge is 2.25. The molecule has 2 atom stereocenters. The lowest BCUT2D eigenvalue weighted by Crippen LogP contribution is -2.23. The van der Waals surface area contributed by atoms with Crippen molar-refractivity contribution < 1.29 is 18.7 Å². The Kier molecular flexibility index (Phi) is 6.92. The molecule has 0 aliphatic carbocycles. The lowest BCUT2D eigenvalue weighted by molar-refractivity contribution is 0.100. The summed E-state index contributed by atoms with van der Waals surface area (Å²) in [6, 6.07) is 9.75. The molecule has 4 aromatic rings. The van der Waals surface area contributed by atoms with Crippen molar-refractivity contribution in [1.29, 1.82) is 0 Å². The lowest BCUT2D eigenvalue weighted by Gasteiger charge is -2.21. The molecule has 3 N–H and O–H groups in total. The number of nitrogens with two attached hydrogens (primary N) is 1. The predicted molar refractivity (Wildman–Crippen MR) is 130 cm³/mol. The number of amides is 1. The van der Waals surface area contributed by atoms with Gasteiger partial charge >= 0.3 is 0 Å². The number of fused-ring (bicyclic) bond motifs is 1. The molecule has 0 radical (unpaired) electrons. The number of benzene rings is 2. The third kappa shape index (κ3) is 5.07. The second-order valence-electron chi connectivity index (χ2n) is 8.30.